The molecule has 28 heavy (non-hydrogen) atoms. The van der Waals surface area contributed by atoms with Crippen LogP contribution >= 0.6 is 15.9 Å². The zero-order chi connectivity index (χ0) is 20.3. The van der Waals surface area contributed by atoms with Crippen molar-refractivity contribution in [3.05, 3.63) is 52.3 Å². The SMILES string of the molecule is COc1ccc(Br)cc1S(=O)(=O)Cc1cncc(C(=O)N2CCN(C)CC2)c1. The Morgan fingerprint density at radius 3 is 2.57 bits per heavy atom. The van der Waals surface area contributed by atoms with E-state index >= 15 is 0 Å². The summed E-state index contributed by atoms with van der Waals surface area (Å²) in [7, 11) is -0.231. The largest absolute Gasteiger partial charge is 0.495 e. The summed E-state index contributed by atoms with van der Waals surface area (Å²) in [6.07, 6.45) is 2.96. The maximum Gasteiger partial charge on any atom is 0.255 e. The second kappa shape index (κ2) is 8.59. The van der Waals surface area contributed by atoms with Gasteiger partial charge in [-0.15, -0.1) is 0 Å². The van der Waals surface area contributed by atoms with E-state index in [1.165, 1.54) is 25.6 Å². The Labute approximate surface area is 173 Å². The predicted octanol–water partition coefficient (Wildman–Crippen LogP) is 2.21. The Morgan fingerprint density at radius 2 is 1.89 bits per heavy atom. The van der Waals surface area contributed by atoms with Crippen LogP contribution in [0, 0.1) is 0 Å². The molecule has 0 saturated carbocycles. The van der Waals surface area contributed by atoms with Gasteiger partial charge in [-0.1, -0.05) is 15.9 Å². The summed E-state index contributed by atoms with van der Waals surface area (Å²) in [4.78, 5) is 20.9. The number of ether oxygens (including phenoxy) is 1. The lowest BCUT2D eigenvalue weighted by molar-refractivity contribution is 0.0663. The van der Waals surface area contributed by atoms with Crippen molar-refractivity contribution in [2.75, 3.05) is 40.3 Å². The highest BCUT2D eigenvalue weighted by atomic mass is 79.9. The number of piperazine rings is 1. The third-order valence-electron chi connectivity index (χ3n) is 4.65. The van der Waals surface area contributed by atoms with E-state index in [-0.39, 0.29) is 22.3 Å². The van der Waals surface area contributed by atoms with Crippen LogP contribution in [-0.4, -0.2) is 69.4 Å². The number of amides is 1. The molecular formula is C19H22BrN3O4S. The fourth-order valence-corrected chi connectivity index (χ4v) is 5.10. The fourth-order valence-electron chi connectivity index (χ4n) is 3.07. The van der Waals surface area contributed by atoms with Gasteiger partial charge >= 0.3 is 0 Å². The van der Waals surface area contributed by atoms with Gasteiger partial charge in [-0.05, 0) is 36.9 Å². The van der Waals surface area contributed by atoms with Gasteiger partial charge in [0, 0.05) is 43.0 Å². The summed E-state index contributed by atoms with van der Waals surface area (Å²) in [5.41, 5.74) is 0.862. The fraction of sp³-hybridized carbons (Fsp3) is 0.368. The zero-order valence-electron chi connectivity index (χ0n) is 15.8. The lowest BCUT2D eigenvalue weighted by Crippen LogP contribution is -2.47. The molecule has 3 rings (SSSR count). The van der Waals surface area contributed by atoms with Gasteiger partial charge in [0.15, 0.2) is 9.84 Å². The Kier molecular flexibility index (Phi) is 6.36. The average molecular weight is 468 g/mol. The second-order valence-electron chi connectivity index (χ2n) is 6.73. The van der Waals surface area contributed by atoms with Crippen LogP contribution in [0.3, 0.4) is 0 Å². The minimum Gasteiger partial charge on any atom is -0.495 e. The van der Waals surface area contributed by atoms with E-state index in [1.807, 2.05) is 7.05 Å². The molecule has 7 nitrogen and oxygen atoms in total. The Hall–Kier alpha value is -1.97. The number of pyridine rings is 1. The number of carbonyl (C=O) groups excluding carboxylic acids is 1. The van der Waals surface area contributed by atoms with E-state index in [0.29, 0.717) is 28.7 Å². The predicted molar refractivity (Wildman–Crippen MR) is 109 cm³/mol. The first-order valence-electron chi connectivity index (χ1n) is 8.78. The third kappa shape index (κ3) is 4.71. The van der Waals surface area contributed by atoms with Crippen LogP contribution in [0.4, 0.5) is 0 Å². The normalized spacial score (nSPS) is 15.5. The first-order chi connectivity index (χ1) is 13.3. The highest BCUT2D eigenvalue weighted by Gasteiger charge is 2.24. The van der Waals surface area contributed by atoms with Crippen LogP contribution in [0.25, 0.3) is 0 Å². The summed E-state index contributed by atoms with van der Waals surface area (Å²) >= 11 is 3.30. The second-order valence-corrected chi connectivity index (χ2v) is 9.61. The number of likely N-dealkylation sites (N-methyl/N-ethyl adjacent to an activating group) is 1. The number of carbonyl (C=O) groups is 1. The van der Waals surface area contributed by atoms with Crippen molar-refractivity contribution in [2.45, 2.75) is 10.6 Å². The van der Waals surface area contributed by atoms with Gasteiger partial charge in [-0.2, -0.15) is 0 Å². The molecule has 0 unspecified atom stereocenters. The first-order valence-corrected chi connectivity index (χ1v) is 11.2. The smallest absolute Gasteiger partial charge is 0.255 e. The van der Waals surface area contributed by atoms with Gasteiger partial charge in [-0.25, -0.2) is 8.42 Å². The standard InChI is InChI=1S/C19H22BrN3O4S/c1-22-5-7-23(8-6-22)19(24)15-9-14(11-21-12-15)13-28(25,26)18-10-16(20)3-4-17(18)27-2/h3-4,9-12H,5-8,13H2,1-2H3. The summed E-state index contributed by atoms with van der Waals surface area (Å²) < 4.78 is 31.7. The number of aromatic nitrogens is 1. The van der Waals surface area contributed by atoms with Gasteiger partial charge in [-0.3, -0.25) is 9.78 Å². The molecule has 2 heterocycles. The molecule has 1 amide bonds. The van der Waals surface area contributed by atoms with Crippen LogP contribution in [0.15, 0.2) is 46.0 Å². The van der Waals surface area contributed by atoms with E-state index in [4.69, 9.17) is 4.74 Å². The molecule has 0 N–H and O–H groups in total. The molecule has 2 aromatic rings. The van der Waals surface area contributed by atoms with Crippen molar-refractivity contribution in [2.24, 2.45) is 0 Å². The molecule has 0 radical (unpaired) electrons. The molecule has 0 atom stereocenters. The molecule has 0 bridgehead atoms. The quantitative estimate of drug-likeness (QED) is 0.670. The number of sulfone groups is 1. The molecular weight excluding hydrogens is 446 g/mol. The Balaban J connectivity index is 1.83. The Morgan fingerprint density at radius 1 is 1.18 bits per heavy atom. The molecule has 0 spiro atoms. The molecule has 1 aliphatic heterocycles. The highest BCUT2D eigenvalue weighted by Crippen LogP contribution is 2.29. The molecule has 150 valence electrons. The minimum absolute atomic E-state index is 0.0974. The number of rotatable bonds is 5. The van der Waals surface area contributed by atoms with Crippen LogP contribution < -0.4 is 4.74 Å². The molecule has 9 heteroatoms. The molecule has 1 saturated heterocycles. The maximum absolute atomic E-state index is 12.9. The number of halogens is 1. The van der Waals surface area contributed by atoms with Crippen molar-refractivity contribution in [3.8, 4) is 5.75 Å². The monoisotopic (exact) mass is 467 g/mol. The Bertz CT molecular complexity index is 973. The van der Waals surface area contributed by atoms with Gasteiger partial charge < -0.3 is 14.5 Å². The zero-order valence-corrected chi connectivity index (χ0v) is 18.2. The number of hydrogen-bond donors (Lipinski definition) is 0. The molecule has 1 aromatic heterocycles. The average Bonchev–Trinajstić information content (AvgIpc) is 2.68. The molecule has 0 aliphatic carbocycles. The third-order valence-corrected chi connectivity index (χ3v) is 6.85. The number of methoxy groups -OCH3 is 1. The van der Waals surface area contributed by atoms with Crippen LogP contribution in [-0.2, 0) is 15.6 Å². The van der Waals surface area contributed by atoms with E-state index in [9.17, 15) is 13.2 Å². The molecule has 1 fully saturated rings. The summed E-state index contributed by atoms with van der Waals surface area (Å²) in [5.74, 6) is -0.114. The highest BCUT2D eigenvalue weighted by molar-refractivity contribution is 9.10. The van der Waals surface area contributed by atoms with E-state index in [2.05, 4.69) is 25.8 Å². The summed E-state index contributed by atoms with van der Waals surface area (Å²) in [6.45, 7) is 2.92. The number of hydrogen-bond acceptors (Lipinski definition) is 6. The van der Waals surface area contributed by atoms with E-state index in [1.54, 1.807) is 23.1 Å². The number of nitrogens with zero attached hydrogens (tertiary/aromatic N) is 3. The van der Waals surface area contributed by atoms with E-state index in [0.717, 1.165) is 13.1 Å². The summed E-state index contributed by atoms with van der Waals surface area (Å²) in [5, 5.41) is 0. The van der Waals surface area contributed by atoms with Gasteiger partial charge in [0.25, 0.3) is 5.91 Å². The lowest BCUT2D eigenvalue weighted by Gasteiger charge is -2.32. The van der Waals surface area contributed by atoms with Crippen molar-refractivity contribution < 1.29 is 17.9 Å². The van der Waals surface area contributed by atoms with E-state index < -0.39 is 9.84 Å². The molecule has 1 aromatic carbocycles. The number of benzene rings is 1. The molecule has 1 aliphatic rings. The summed E-state index contributed by atoms with van der Waals surface area (Å²) in [6, 6.07) is 6.44. The maximum atomic E-state index is 12.9. The van der Waals surface area contributed by atoms with Crippen LogP contribution in [0.2, 0.25) is 0 Å². The van der Waals surface area contributed by atoms with Gasteiger partial charge in [0.05, 0.1) is 18.4 Å². The van der Waals surface area contributed by atoms with Crippen LogP contribution in [0.1, 0.15) is 15.9 Å². The van der Waals surface area contributed by atoms with Crippen LogP contribution in [0.5, 0.6) is 5.75 Å². The van der Waals surface area contributed by atoms with Crippen molar-refractivity contribution in [1.82, 2.24) is 14.8 Å². The van der Waals surface area contributed by atoms with Crippen molar-refractivity contribution in [1.29, 1.82) is 0 Å². The topological polar surface area (TPSA) is 79.8 Å². The lowest BCUT2D eigenvalue weighted by atomic mass is 10.2. The van der Waals surface area contributed by atoms with Crippen molar-refractivity contribution >= 4 is 31.7 Å². The van der Waals surface area contributed by atoms with Gasteiger partial charge in [0.2, 0.25) is 0 Å². The minimum atomic E-state index is -3.68. The van der Waals surface area contributed by atoms with Crippen molar-refractivity contribution in [3.63, 3.8) is 0 Å². The first kappa shape index (κ1) is 20.8. The van der Waals surface area contributed by atoms with Gasteiger partial charge in [0.1, 0.15) is 10.6 Å².